The summed E-state index contributed by atoms with van der Waals surface area (Å²) >= 11 is 0. The van der Waals surface area contributed by atoms with E-state index in [2.05, 4.69) is 26.1 Å². The maximum absolute atomic E-state index is 13.1. The highest BCUT2D eigenvalue weighted by Crippen LogP contribution is 2.20. The molecule has 2 nitrogen and oxygen atoms in total. The third-order valence-electron chi connectivity index (χ3n) is 2.39. The van der Waals surface area contributed by atoms with Crippen molar-refractivity contribution < 1.29 is 9.13 Å². The average molecular weight is 225 g/mol. The first-order valence-electron chi connectivity index (χ1n) is 5.61. The Morgan fingerprint density at radius 2 is 2.00 bits per heavy atom. The Balaban J connectivity index is 2.74. The molecule has 1 aromatic rings. The number of rotatable bonds is 5. The van der Waals surface area contributed by atoms with Crippen LogP contribution in [0.4, 0.5) is 4.39 Å². The second kappa shape index (κ2) is 5.85. The van der Waals surface area contributed by atoms with Crippen LogP contribution in [0, 0.1) is 5.82 Å². The van der Waals surface area contributed by atoms with Crippen molar-refractivity contribution in [1.82, 2.24) is 5.32 Å². The van der Waals surface area contributed by atoms with E-state index in [1.807, 2.05) is 0 Å². The van der Waals surface area contributed by atoms with Gasteiger partial charge in [-0.15, -0.1) is 0 Å². The van der Waals surface area contributed by atoms with Crippen LogP contribution in [-0.4, -0.2) is 19.2 Å². The van der Waals surface area contributed by atoms with Crippen molar-refractivity contribution in [1.29, 1.82) is 0 Å². The molecule has 0 bridgehead atoms. The number of benzene rings is 1. The van der Waals surface area contributed by atoms with Gasteiger partial charge in [-0.05, 0) is 37.1 Å². The molecule has 1 aromatic carbocycles. The fourth-order valence-corrected chi connectivity index (χ4v) is 1.86. The molecule has 1 unspecified atom stereocenters. The standard InChI is InChI=1S/C13H20FNO/c1-9(2)15-10(3)7-11-8-12(14)5-6-13(11)16-4/h5-6,8-10,15H,7H2,1-4H3. The van der Waals surface area contributed by atoms with E-state index in [1.165, 1.54) is 12.1 Å². The van der Waals surface area contributed by atoms with Gasteiger partial charge in [-0.2, -0.15) is 0 Å². The first-order chi connectivity index (χ1) is 7.52. The Morgan fingerprint density at radius 3 is 2.56 bits per heavy atom. The highest BCUT2D eigenvalue weighted by molar-refractivity contribution is 5.34. The molecule has 0 saturated carbocycles. The van der Waals surface area contributed by atoms with Crippen LogP contribution in [0.5, 0.6) is 5.75 Å². The van der Waals surface area contributed by atoms with E-state index in [-0.39, 0.29) is 5.82 Å². The summed E-state index contributed by atoms with van der Waals surface area (Å²) in [4.78, 5) is 0. The van der Waals surface area contributed by atoms with Crippen molar-refractivity contribution in [3.8, 4) is 5.75 Å². The predicted octanol–water partition coefficient (Wildman–Crippen LogP) is 2.76. The quantitative estimate of drug-likeness (QED) is 0.832. The van der Waals surface area contributed by atoms with Crippen molar-refractivity contribution in [2.75, 3.05) is 7.11 Å². The summed E-state index contributed by atoms with van der Waals surface area (Å²) < 4.78 is 18.3. The highest BCUT2D eigenvalue weighted by Gasteiger charge is 2.10. The monoisotopic (exact) mass is 225 g/mol. The second-order valence-corrected chi connectivity index (χ2v) is 4.38. The summed E-state index contributed by atoms with van der Waals surface area (Å²) in [5, 5.41) is 3.38. The molecule has 90 valence electrons. The Labute approximate surface area is 96.8 Å². The van der Waals surface area contributed by atoms with E-state index < -0.39 is 0 Å². The minimum atomic E-state index is -0.215. The first kappa shape index (κ1) is 13.0. The minimum Gasteiger partial charge on any atom is -0.496 e. The molecule has 0 fully saturated rings. The zero-order valence-electron chi connectivity index (χ0n) is 10.4. The average Bonchev–Trinajstić information content (AvgIpc) is 2.16. The van der Waals surface area contributed by atoms with Gasteiger partial charge in [-0.25, -0.2) is 4.39 Å². The molecule has 0 spiro atoms. The summed E-state index contributed by atoms with van der Waals surface area (Å²) in [5.41, 5.74) is 0.906. The van der Waals surface area contributed by atoms with Gasteiger partial charge in [0, 0.05) is 12.1 Å². The summed E-state index contributed by atoms with van der Waals surface area (Å²) in [6.07, 6.45) is 0.763. The zero-order chi connectivity index (χ0) is 12.1. The molecule has 0 heterocycles. The lowest BCUT2D eigenvalue weighted by atomic mass is 10.1. The lowest BCUT2D eigenvalue weighted by Crippen LogP contribution is -2.33. The molecule has 0 aromatic heterocycles. The maximum atomic E-state index is 13.1. The van der Waals surface area contributed by atoms with Gasteiger partial charge in [-0.3, -0.25) is 0 Å². The molecule has 0 aliphatic carbocycles. The van der Waals surface area contributed by atoms with Crippen LogP contribution in [0.1, 0.15) is 26.3 Å². The molecule has 1 N–H and O–H groups in total. The van der Waals surface area contributed by atoms with Crippen molar-refractivity contribution in [2.45, 2.75) is 39.3 Å². The molecule has 16 heavy (non-hydrogen) atoms. The van der Waals surface area contributed by atoms with E-state index in [0.717, 1.165) is 17.7 Å². The number of halogens is 1. The minimum absolute atomic E-state index is 0.215. The lowest BCUT2D eigenvalue weighted by Gasteiger charge is -2.18. The molecular formula is C13H20FNO. The Bertz CT molecular complexity index is 339. The normalized spacial score (nSPS) is 12.9. The predicted molar refractivity (Wildman–Crippen MR) is 64.4 cm³/mol. The van der Waals surface area contributed by atoms with Gasteiger partial charge in [-0.1, -0.05) is 13.8 Å². The van der Waals surface area contributed by atoms with Gasteiger partial charge >= 0.3 is 0 Å². The smallest absolute Gasteiger partial charge is 0.123 e. The van der Waals surface area contributed by atoms with E-state index in [0.29, 0.717) is 12.1 Å². The molecule has 1 atom stereocenters. The molecule has 0 aliphatic heterocycles. The Hall–Kier alpha value is -1.09. The third kappa shape index (κ3) is 3.81. The van der Waals surface area contributed by atoms with Gasteiger partial charge in [0.2, 0.25) is 0 Å². The lowest BCUT2D eigenvalue weighted by molar-refractivity contribution is 0.402. The van der Waals surface area contributed by atoms with Crippen LogP contribution in [0.25, 0.3) is 0 Å². The summed E-state index contributed by atoms with van der Waals surface area (Å²) in [6.45, 7) is 6.28. The second-order valence-electron chi connectivity index (χ2n) is 4.38. The fraction of sp³-hybridized carbons (Fsp3) is 0.538. The zero-order valence-corrected chi connectivity index (χ0v) is 10.4. The molecule has 1 rings (SSSR count). The largest absolute Gasteiger partial charge is 0.496 e. The third-order valence-corrected chi connectivity index (χ3v) is 2.39. The Kier molecular flexibility index (Phi) is 4.74. The topological polar surface area (TPSA) is 21.3 Å². The summed E-state index contributed by atoms with van der Waals surface area (Å²) in [7, 11) is 1.61. The molecule has 3 heteroatoms. The number of nitrogens with one attached hydrogen (secondary N) is 1. The van der Waals surface area contributed by atoms with Gasteiger partial charge in [0.25, 0.3) is 0 Å². The van der Waals surface area contributed by atoms with Gasteiger partial charge < -0.3 is 10.1 Å². The van der Waals surface area contributed by atoms with E-state index in [4.69, 9.17) is 4.74 Å². The van der Waals surface area contributed by atoms with Crippen LogP contribution in [-0.2, 0) is 6.42 Å². The molecule has 0 radical (unpaired) electrons. The van der Waals surface area contributed by atoms with Crippen molar-refractivity contribution >= 4 is 0 Å². The van der Waals surface area contributed by atoms with Gasteiger partial charge in [0.15, 0.2) is 0 Å². The van der Waals surface area contributed by atoms with Crippen LogP contribution in [0.2, 0.25) is 0 Å². The van der Waals surface area contributed by atoms with E-state index in [9.17, 15) is 4.39 Å². The van der Waals surface area contributed by atoms with E-state index in [1.54, 1.807) is 13.2 Å². The fourth-order valence-electron chi connectivity index (χ4n) is 1.86. The number of hydrogen-bond donors (Lipinski definition) is 1. The molecule has 0 aliphatic rings. The summed E-state index contributed by atoms with van der Waals surface area (Å²) in [5.74, 6) is 0.534. The first-order valence-corrected chi connectivity index (χ1v) is 5.61. The SMILES string of the molecule is COc1ccc(F)cc1CC(C)NC(C)C. The van der Waals surface area contributed by atoms with Crippen LogP contribution >= 0.6 is 0 Å². The summed E-state index contributed by atoms with van der Waals surface area (Å²) in [6, 6.07) is 5.36. The number of hydrogen-bond acceptors (Lipinski definition) is 2. The van der Waals surface area contributed by atoms with Crippen LogP contribution < -0.4 is 10.1 Å². The highest BCUT2D eigenvalue weighted by atomic mass is 19.1. The van der Waals surface area contributed by atoms with Crippen molar-refractivity contribution in [3.05, 3.63) is 29.6 Å². The van der Waals surface area contributed by atoms with Crippen LogP contribution in [0.15, 0.2) is 18.2 Å². The number of ether oxygens (including phenoxy) is 1. The van der Waals surface area contributed by atoms with Gasteiger partial charge in [0.1, 0.15) is 11.6 Å². The number of methoxy groups -OCH3 is 1. The van der Waals surface area contributed by atoms with E-state index >= 15 is 0 Å². The van der Waals surface area contributed by atoms with Crippen molar-refractivity contribution in [2.24, 2.45) is 0 Å². The van der Waals surface area contributed by atoms with Gasteiger partial charge in [0.05, 0.1) is 7.11 Å². The molecular weight excluding hydrogens is 205 g/mol. The van der Waals surface area contributed by atoms with Crippen LogP contribution in [0.3, 0.4) is 0 Å². The molecule has 0 saturated heterocycles. The molecule has 0 amide bonds. The van der Waals surface area contributed by atoms with Crippen molar-refractivity contribution in [3.63, 3.8) is 0 Å². The Morgan fingerprint density at radius 1 is 1.31 bits per heavy atom. The maximum Gasteiger partial charge on any atom is 0.123 e.